The Labute approximate surface area is 125 Å². The van der Waals surface area contributed by atoms with Crippen LogP contribution in [0.2, 0.25) is 0 Å². The van der Waals surface area contributed by atoms with Crippen LogP contribution in [0.1, 0.15) is 44.9 Å². The molecule has 0 spiro atoms. The number of nitrogens with one attached hydrogen (secondary N) is 1. The first-order valence-electron chi connectivity index (χ1n) is 8.04. The number of carbonyl (C=O) groups is 1. The lowest BCUT2D eigenvalue weighted by Crippen LogP contribution is -2.41. The van der Waals surface area contributed by atoms with E-state index >= 15 is 0 Å². The first-order chi connectivity index (χ1) is 9.83. The zero-order valence-corrected chi connectivity index (χ0v) is 13.0. The van der Waals surface area contributed by atoms with E-state index in [-0.39, 0.29) is 5.91 Å². The molecular formula is C15H25N3OS. The van der Waals surface area contributed by atoms with Crippen molar-refractivity contribution in [1.29, 1.82) is 0 Å². The van der Waals surface area contributed by atoms with E-state index in [0.717, 1.165) is 24.2 Å². The Morgan fingerprint density at radius 1 is 1.25 bits per heavy atom. The van der Waals surface area contributed by atoms with Crippen molar-refractivity contribution in [2.24, 2.45) is 10.9 Å². The van der Waals surface area contributed by atoms with Crippen LogP contribution in [-0.2, 0) is 4.79 Å². The van der Waals surface area contributed by atoms with E-state index in [1.807, 2.05) is 16.7 Å². The van der Waals surface area contributed by atoms with E-state index in [2.05, 4.69) is 10.3 Å². The van der Waals surface area contributed by atoms with Gasteiger partial charge in [-0.1, -0.05) is 18.2 Å². The van der Waals surface area contributed by atoms with Gasteiger partial charge in [0.15, 0.2) is 5.17 Å². The molecule has 1 amide bonds. The highest BCUT2D eigenvalue weighted by molar-refractivity contribution is 8.13. The molecule has 0 aromatic carbocycles. The van der Waals surface area contributed by atoms with Gasteiger partial charge in [-0.25, -0.2) is 0 Å². The molecule has 2 aliphatic heterocycles. The summed E-state index contributed by atoms with van der Waals surface area (Å²) in [4.78, 5) is 18.7. The Bertz CT molecular complexity index is 379. The average molecular weight is 295 g/mol. The van der Waals surface area contributed by atoms with Crippen LogP contribution in [0.4, 0.5) is 0 Å². The highest BCUT2D eigenvalue weighted by atomic mass is 32.2. The molecule has 5 heteroatoms. The Morgan fingerprint density at radius 2 is 2.10 bits per heavy atom. The Morgan fingerprint density at radius 3 is 2.95 bits per heavy atom. The summed E-state index contributed by atoms with van der Waals surface area (Å²) in [6.07, 6.45) is 8.18. The molecule has 0 aromatic rings. The molecule has 3 aliphatic rings. The van der Waals surface area contributed by atoms with Gasteiger partial charge < -0.3 is 10.2 Å². The van der Waals surface area contributed by atoms with Crippen molar-refractivity contribution in [3.8, 4) is 0 Å². The van der Waals surface area contributed by atoms with Crippen molar-refractivity contribution < 1.29 is 4.79 Å². The molecule has 3 fully saturated rings. The number of carbonyl (C=O) groups excluding carboxylic acids is 1. The van der Waals surface area contributed by atoms with E-state index in [1.54, 1.807) is 0 Å². The number of thioether (sulfide) groups is 1. The maximum atomic E-state index is 12.1. The summed E-state index contributed by atoms with van der Waals surface area (Å²) in [5.41, 5.74) is 0. The van der Waals surface area contributed by atoms with Crippen molar-refractivity contribution in [1.82, 2.24) is 10.2 Å². The molecule has 0 bridgehead atoms. The molecular weight excluding hydrogens is 270 g/mol. The summed E-state index contributed by atoms with van der Waals surface area (Å²) < 4.78 is 0. The molecule has 2 unspecified atom stereocenters. The molecule has 4 nitrogen and oxygen atoms in total. The number of piperidine rings is 1. The van der Waals surface area contributed by atoms with Gasteiger partial charge in [0.25, 0.3) is 0 Å². The van der Waals surface area contributed by atoms with Crippen molar-refractivity contribution in [3.63, 3.8) is 0 Å². The third-order valence-electron chi connectivity index (χ3n) is 4.69. The summed E-state index contributed by atoms with van der Waals surface area (Å²) in [6, 6.07) is 0.646. The second kappa shape index (κ2) is 6.83. The number of nitrogens with zero attached hydrogens (tertiary/aromatic N) is 2. The minimum absolute atomic E-state index is 0.286. The normalized spacial score (nSPS) is 32.0. The molecule has 1 saturated carbocycles. The first kappa shape index (κ1) is 14.2. The fourth-order valence-corrected chi connectivity index (χ4v) is 4.65. The molecule has 112 valence electrons. The van der Waals surface area contributed by atoms with Crippen LogP contribution in [0.25, 0.3) is 0 Å². The third-order valence-corrected chi connectivity index (χ3v) is 5.81. The monoisotopic (exact) mass is 295 g/mol. The summed E-state index contributed by atoms with van der Waals surface area (Å²) in [6.45, 7) is 2.54. The topological polar surface area (TPSA) is 44.7 Å². The zero-order chi connectivity index (χ0) is 13.8. The molecule has 1 N–H and O–H groups in total. The summed E-state index contributed by atoms with van der Waals surface area (Å²) in [5, 5.41) is 4.63. The maximum absolute atomic E-state index is 12.1. The molecule has 1 aliphatic carbocycles. The summed E-state index contributed by atoms with van der Waals surface area (Å²) in [5.74, 6) is 2.33. The predicted molar refractivity (Wildman–Crippen MR) is 84.1 cm³/mol. The number of likely N-dealkylation sites (tertiary alicyclic amines) is 1. The van der Waals surface area contributed by atoms with Crippen molar-refractivity contribution in [2.75, 3.05) is 25.4 Å². The second-order valence-electron chi connectivity index (χ2n) is 6.13. The van der Waals surface area contributed by atoms with Gasteiger partial charge in [0, 0.05) is 31.3 Å². The Balaban J connectivity index is 1.42. The van der Waals surface area contributed by atoms with E-state index in [9.17, 15) is 4.79 Å². The molecule has 2 atom stereocenters. The number of hydrogen-bond acceptors (Lipinski definition) is 3. The first-order valence-corrected chi connectivity index (χ1v) is 9.03. The van der Waals surface area contributed by atoms with Gasteiger partial charge >= 0.3 is 0 Å². The minimum atomic E-state index is 0.286. The van der Waals surface area contributed by atoms with Crippen LogP contribution in [0, 0.1) is 5.92 Å². The maximum Gasteiger partial charge on any atom is 0.224 e. The van der Waals surface area contributed by atoms with E-state index in [0.29, 0.717) is 19.0 Å². The molecule has 0 aromatic heterocycles. The van der Waals surface area contributed by atoms with Crippen molar-refractivity contribution in [3.05, 3.63) is 0 Å². The molecule has 0 radical (unpaired) electrons. The molecule has 20 heavy (non-hydrogen) atoms. The zero-order valence-electron chi connectivity index (χ0n) is 12.1. The number of amidine groups is 1. The largest absolute Gasteiger partial charge is 0.362 e. The number of aliphatic imine (C=N–C) groups is 1. The quantitative estimate of drug-likeness (QED) is 0.868. The lowest BCUT2D eigenvalue weighted by Gasteiger charge is -2.28. The van der Waals surface area contributed by atoms with Crippen LogP contribution >= 0.6 is 11.8 Å². The van der Waals surface area contributed by atoms with Crippen molar-refractivity contribution >= 4 is 22.8 Å². The number of fused-ring (bicyclic) bond motifs is 1. The highest BCUT2D eigenvalue weighted by Crippen LogP contribution is 2.32. The van der Waals surface area contributed by atoms with Crippen LogP contribution in [-0.4, -0.2) is 47.4 Å². The second-order valence-corrected chi connectivity index (χ2v) is 7.14. The van der Waals surface area contributed by atoms with Crippen molar-refractivity contribution in [2.45, 2.75) is 51.0 Å². The van der Waals surface area contributed by atoms with E-state index in [1.165, 1.54) is 44.3 Å². The Hall–Kier alpha value is -0.710. The summed E-state index contributed by atoms with van der Waals surface area (Å²) >= 11 is 1.84. The fraction of sp³-hybridized carbons (Fsp3) is 0.867. The molecule has 2 heterocycles. The number of rotatable bonds is 3. The van der Waals surface area contributed by atoms with Gasteiger partial charge in [-0.2, -0.15) is 0 Å². The molecule has 2 saturated heterocycles. The summed E-state index contributed by atoms with van der Waals surface area (Å²) in [7, 11) is 0. The van der Waals surface area contributed by atoms with E-state index < -0.39 is 0 Å². The van der Waals surface area contributed by atoms with Crippen LogP contribution in [0.5, 0.6) is 0 Å². The Kier molecular flexibility index (Phi) is 4.86. The standard InChI is InChI=1S/C15H25N3OS/c19-14(18-9-2-1-3-10-18)7-8-16-15-17-13-6-4-5-12(13)11-20-15/h12-13H,1-11H2,(H,16,17). The van der Waals surface area contributed by atoms with Crippen LogP contribution in [0.15, 0.2) is 4.99 Å². The van der Waals surface area contributed by atoms with Gasteiger partial charge in [-0.15, -0.1) is 0 Å². The SMILES string of the molecule is O=C(CCN=C1NC2CCCC2CS1)N1CCCCC1. The van der Waals surface area contributed by atoms with Gasteiger partial charge in [0.05, 0.1) is 6.54 Å². The van der Waals surface area contributed by atoms with Gasteiger partial charge in [0.2, 0.25) is 5.91 Å². The number of hydrogen-bond donors (Lipinski definition) is 1. The van der Waals surface area contributed by atoms with Gasteiger partial charge in [-0.3, -0.25) is 9.79 Å². The fourth-order valence-electron chi connectivity index (χ4n) is 3.46. The van der Waals surface area contributed by atoms with Crippen LogP contribution < -0.4 is 5.32 Å². The van der Waals surface area contributed by atoms with Gasteiger partial charge in [0.1, 0.15) is 0 Å². The minimum Gasteiger partial charge on any atom is -0.362 e. The smallest absolute Gasteiger partial charge is 0.224 e. The highest BCUT2D eigenvalue weighted by Gasteiger charge is 2.31. The lowest BCUT2D eigenvalue weighted by atomic mass is 10.1. The van der Waals surface area contributed by atoms with Crippen LogP contribution in [0.3, 0.4) is 0 Å². The lowest BCUT2D eigenvalue weighted by molar-refractivity contribution is -0.131. The van der Waals surface area contributed by atoms with Gasteiger partial charge in [-0.05, 0) is 38.0 Å². The average Bonchev–Trinajstić information content (AvgIpc) is 2.95. The third kappa shape index (κ3) is 3.48. The van der Waals surface area contributed by atoms with E-state index in [4.69, 9.17) is 0 Å². The predicted octanol–water partition coefficient (Wildman–Crippen LogP) is 2.25. The number of amides is 1. The molecule has 3 rings (SSSR count).